The fourth-order valence-corrected chi connectivity index (χ4v) is 2.20. The minimum absolute atomic E-state index is 0.00107. The molecular formula is C16H12ClN5O2. The number of hydrogen-bond donors (Lipinski definition) is 1. The minimum Gasteiger partial charge on any atom is -0.324 e. The fraction of sp³-hybridized carbons (Fsp3) is 0.0625. The molecule has 0 bridgehead atoms. The van der Waals surface area contributed by atoms with Crippen LogP contribution in [0.5, 0.6) is 0 Å². The van der Waals surface area contributed by atoms with Gasteiger partial charge in [0.2, 0.25) is 5.95 Å². The summed E-state index contributed by atoms with van der Waals surface area (Å²) in [5.74, 6) is 0.339. The van der Waals surface area contributed by atoms with Gasteiger partial charge >= 0.3 is 0 Å². The molecule has 0 aliphatic rings. The second-order valence-corrected chi connectivity index (χ2v) is 5.40. The van der Waals surface area contributed by atoms with Crippen molar-refractivity contribution in [1.29, 1.82) is 0 Å². The molecule has 1 N–H and O–H groups in total. The van der Waals surface area contributed by atoms with Crippen molar-refractivity contribution >= 4 is 28.9 Å². The van der Waals surface area contributed by atoms with E-state index in [9.17, 15) is 10.1 Å². The number of nitrogens with zero attached hydrogens (tertiary/aromatic N) is 4. The maximum Gasteiger partial charge on any atom is 0.271 e. The largest absolute Gasteiger partial charge is 0.324 e. The van der Waals surface area contributed by atoms with E-state index >= 15 is 0 Å². The molecule has 2 aromatic heterocycles. The van der Waals surface area contributed by atoms with Gasteiger partial charge in [-0.05, 0) is 30.7 Å². The zero-order valence-electron chi connectivity index (χ0n) is 12.6. The number of non-ortho nitro benzene ring substituents is 1. The van der Waals surface area contributed by atoms with Crippen LogP contribution < -0.4 is 5.32 Å². The molecule has 7 nitrogen and oxygen atoms in total. The molecule has 24 heavy (non-hydrogen) atoms. The molecule has 120 valence electrons. The second kappa shape index (κ2) is 6.59. The highest BCUT2D eigenvalue weighted by molar-refractivity contribution is 6.29. The topological polar surface area (TPSA) is 93.8 Å². The van der Waals surface area contributed by atoms with Crippen molar-refractivity contribution in [3.05, 3.63) is 69.6 Å². The minimum atomic E-state index is -0.443. The van der Waals surface area contributed by atoms with E-state index in [-0.39, 0.29) is 5.69 Å². The van der Waals surface area contributed by atoms with Crippen molar-refractivity contribution in [3.8, 4) is 11.3 Å². The first kappa shape index (κ1) is 15.8. The Kier molecular flexibility index (Phi) is 4.35. The normalized spacial score (nSPS) is 10.4. The lowest BCUT2D eigenvalue weighted by molar-refractivity contribution is -0.384. The number of aryl methyl sites for hydroxylation is 1. The van der Waals surface area contributed by atoms with Crippen molar-refractivity contribution in [1.82, 2.24) is 15.0 Å². The zero-order valence-corrected chi connectivity index (χ0v) is 13.4. The summed E-state index contributed by atoms with van der Waals surface area (Å²) in [6, 6.07) is 9.81. The summed E-state index contributed by atoms with van der Waals surface area (Å²) >= 11 is 5.78. The molecule has 0 spiro atoms. The summed E-state index contributed by atoms with van der Waals surface area (Å²) in [6.45, 7) is 1.85. The molecule has 1 aromatic carbocycles. The number of nitrogens with one attached hydrogen (secondary N) is 1. The molecule has 8 heteroatoms. The molecule has 3 rings (SSSR count). The van der Waals surface area contributed by atoms with Gasteiger partial charge in [-0.2, -0.15) is 0 Å². The summed E-state index contributed by atoms with van der Waals surface area (Å²) in [5.41, 5.74) is 2.89. The van der Waals surface area contributed by atoms with Crippen LogP contribution >= 0.6 is 11.6 Å². The third-order valence-electron chi connectivity index (χ3n) is 3.36. The van der Waals surface area contributed by atoms with Crippen LogP contribution in [0, 0.1) is 17.0 Å². The van der Waals surface area contributed by atoms with E-state index in [1.165, 1.54) is 12.1 Å². The number of pyridine rings is 1. The average Bonchev–Trinajstić information content (AvgIpc) is 2.57. The van der Waals surface area contributed by atoms with Crippen molar-refractivity contribution in [2.45, 2.75) is 6.92 Å². The number of aromatic nitrogens is 3. The van der Waals surface area contributed by atoms with Crippen molar-refractivity contribution in [3.63, 3.8) is 0 Å². The Bertz CT molecular complexity index is 899. The Morgan fingerprint density at radius 1 is 1.17 bits per heavy atom. The van der Waals surface area contributed by atoms with E-state index < -0.39 is 4.92 Å². The van der Waals surface area contributed by atoms with Gasteiger partial charge in [0.05, 0.1) is 16.3 Å². The predicted octanol–water partition coefficient (Wildman–Crippen LogP) is 4.15. The van der Waals surface area contributed by atoms with Crippen molar-refractivity contribution in [2.75, 3.05) is 5.32 Å². The Balaban J connectivity index is 1.91. The smallest absolute Gasteiger partial charge is 0.271 e. The van der Waals surface area contributed by atoms with Gasteiger partial charge in [0, 0.05) is 30.1 Å². The maximum atomic E-state index is 10.9. The third kappa shape index (κ3) is 3.47. The van der Waals surface area contributed by atoms with Gasteiger partial charge in [0.15, 0.2) is 0 Å². The molecule has 0 amide bonds. The van der Waals surface area contributed by atoms with E-state index in [1.54, 1.807) is 36.7 Å². The third-order valence-corrected chi connectivity index (χ3v) is 3.58. The van der Waals surface area contributed by atoms with Crippen LogP contribution in [-0.4, -0.2) is 19.9 Å². The molecule has 0 atom stereocenters. The van der Waals surface area contributed by atoms with E-state index in [2.05, 4.69) is 20.3 Å². The molecule has 3 aromatic rings. The first-order chi connectivity index (χ1) is 11.5. The van der Waals surface area contributed by atoms with Gasteiger partial charge in [-0.3, -0.25) is 10.1 Å². The lowest BCUT2D eigenvalue weighted by atomic mass is 10.2. The Hall–Kier alpha value is -3.06. The summed E-state index contributed by atoms with van der Waals surface area (Å²) in [6.07, 6.45) is 3.22. The first-order valence-corrected chi connectivity index (χ1v) is 7.38. The van der Waals surface area contributed by atoms with Crippen LogP contribution in [0.1, 0.15) is 5.56 Å². The summed E-state index contributed by atoms with van der Waals surface area (Å²) in [7, 11) is 0. The molecule has 0 aliphatic carbocycles. The van der Waals surface area contributed by atoms with E-state index in [4.69, 9.17) is 11.6 Å². The van der Waals surface area contributed by atoms with E-state index in [1.807, 2.05) is 6.92 Å². The Morgan fingerprint density at radius 2 is 2.00 bits per heavy atom. The van der Waals surface area contributed by atoms with Gasteiger partial charge in [-0.15, -0.1) is 0 Å². The number of hydrogen-bond acceptors (Lipinski definition) is 6. The molecule has 0 saturated carbocycles. The van der Waals surface area contributed by atoms with Gasteiger partial charge in [-0.1, -0.05) is 17.7 Å². The van der Waals surface area contributed by atoms with Crippen LogP contribution in [0.15, 0.2) is 48.8 Å². The quantitative estimate of drug-likeness (QED) is 0.435. The highest BCUT2D eigenvalue weighted by Gasteiger charge is 2.10. The standard InChI is InChI=1S/C16H12ClN5O2/c1-10-2-4-12(22(23)24)8-14(10)21-16-18-7-6-13(20-16)11-3-5-15(17)19-9-11/h2-9H,1H3,(H,18,20,21). The number of rotatable bonds is 4. The molecule has 0 fully saturated rings. The number of benzene rings is 1. The molecular weight excluding hydrogens is 330 g/mol. The fourth-order valence-electron chi connectivity index (χ4n) is 2.09. The van der Waals surface area contributed by atoms with Crippen molar-refractivity contribution in [2.24, 2.45) is 0 Å². The predicted molar refractivity (Wildman–Crippen MR) is 91.4 cm³/mol. The lowest BCUT2D eigenvalue weighted by Crippen LogP contribution is -2.00. The van der Waals surface area contributed by atoms with Crippen LogP contribution in [0.2, 0.25) is 5.15 Å². The van der Waals surface area contributed by atoms with Gasteiger partial charge < -0.3 is 5.32 Å². The Labute approximate surface area is 142 Å². The van der Waals surface area contributed by atoms with Gasteiger partial charge in [0.25, 0.3) is 5.69 Å². The van der Waals surface area contributed by atoms with Gasteiger partial charge in [0.1, 0.15) is 5.15 Å². The lowest BCUT2D eigenvalue weighted by Gasteiger charge is -2.09. The summed E-state index contributed by atoms with van der Waals surface area (Å²) in [4.78, 5) is 23.1. The summed E-state index contributed by atoms with van der Waals surface area (Å²) in [5, 5.41) is 14.3. The highest BCUT2D eigenvalue weighted by atomic mass is 35.5. The van der Waals surface area contributed by atoms with Crippen LogP contribution in [0.4, 0.5) is 17.3 Å². The Morgan fingerprint density at radius 3 is 2.71 bits per heavy atom. The maximum absolute atomic E-state index is 10.9. The average molecular weight is 342 g/mol. The van der Waals surface area contributed by atoms with Crippen LogP contribution in [0.25, 0.3) is 11.3 Å². The molecule has 0 aliphatic heterocycles. The number of nitro benzene ring substituents is 1. The first-order valence-electron chi connectivity index (χ1n) is 7.00. The number of halogens is 1. The SMILES string of the molecule is Cc1ccc([N+](=O)[O-])cc1Nc1nccc(-c2ccc(Cl)nc2)n1. The summed E-state index contributed by atoms with van der Waals surface area (Å²) < 4.78 is 0. The van der Waals surface area contributed by atoms with E-state index in [0.717, 1.165) is 11.1 Å². The van der Waals surface area contributed by atoms with Crippen LogP contribution in [0.3, 0.4) is 0 Å². The second-order valence-electron chi connectivity index (χ2n) is 5.02. The highest BCUT2D eigenvalue weighted by Crippen LogP contribution is 2.25. The molecule has 2 heterocycles. The van der Waals surface area contributed by atoms with Crippen molar-refractivity contribution < 1.29 is 4.92 Å². The zero-order chi connectivity index (χ0) is 17.1. The molecule has 0 saturated heterocycles. The molecule has 0 radical (unpaired) electrons. The molecule has 0 unspecified atom stereocenters. The van der Waals surface area contributed by atoms with E-state index in [0.29, 0.717) is 22.5 Å². The number of nitro groups is 1. The van der Waals surface area contributed by atoms with Gasteiger partial charge in [-0.25, -0.2) is 15.0 Å². The monoisotopic (exact) mass is 341 g/mol. The number of anilines is 2. The van der Waals surface area contributed by atoms with Crippen LogP contribution in [-0.2, 0) is 0 Å².